The van der Waals surface area contributed by atoms with Gasteiger partial charge in [0.2, 0.25) is 0 Å². The molecule has 1 aromatic rings. The summed E-state index contributed by atoms with van der Waals surface area (Å²) in [4.78, 5) is 10.8. The molecule has 0 spiro atoms. The van der Waals surface area contributed by atoms with Crippen molar-refractivity contribution < 1.29 is 9.53 Å². The largest absolute Gasteiger partial charge is 0.480 e. The van der Waals surface area contributed by atoms with Gasteiger partial charge < -0.3 is 4.74 Å². The van der Waals surface area contributed by atoms with Crippen LogP contribution in [0.15, 0.2) is 12.1 Å². The summed E-state index contributed by atoms with van der Waals surface area (Å²) in [5, 5.41) is 0. The topological polar surface area (TPSA) is 26.3 Å². The van der Waals surface area contributed by atoms with Crippen LogP contribution >= 0.6 is 0 Å². The Morgan fingerprint density at radius 3 is 2.79 bits per heavy atom. The van der Waals surface area contributed by atoms with E-state index >= 15 is 0 Å². The number of carbonyl (C=O) groups excluding carboxylic acids is 1. The van der Waals surface area contributed by atoms with E-state index in [1.165, 1.54) is 0 Å². The molecule has 0 atom stereocenters. The number of ether oxygens (including phenoxy) is 1. The van der Waals surface area contributed by atoms with Gasteiger partial charge in [0.15, 0.2) is 6.29 Å². The lowest BCUT2D eigenvalue weighted by Crippen LogP contribution is -2.00. The Balaban J connectivity index is 3.13. The van der Waals surface area contributed by atoms with Gasteiger partial charge >= 0.3 is 0 Å². The van der Waals surface area contributed by atoms with E-state index in [1.807, 2.05) is 19.9 Å². The van der Waals surface area contributed by atoms with Crippen LogP contribution in [-0.2, 0) is 0 Å². The molecule has 0 saturated carbocycles. The van der Waals surface area contributed by atoms with Crippen LogP contribution in [0.5, 0.6) is 5.75 Å². The van der Waals surface area contributed by atoms with Crippen molar-refractivity contribution in [3.63, 3.8) is 0 Å². The highest BCUT2D eigenvalue weighted by atomic mass is 16.5. The van der Waals surface area contributed by atoms with E-state index in [0.717, 1.165) is 17.4 Å². The zero-order chi connectivity index (χ0) is 10.6. The fourth-order valence-electron chi connectivity index (χ4n) is 1.39. The second-order valence-electron chi connectivity index (χ2n) is 3.11. The molecular weight excluding hydrogens is 176 g/mol. The van der Waals surface area contributed by atoms with Gasteiger partial charge in [0.1, 0.15) is 12.4 Å². The number of terminal acetylenes is 1. The lowest BCUT2D eigenvalue weighted by molar-refractivity contribution is 0.112. The van der Waals surface area contributed by atoms with Gasteiger partial charge in [0, 0.05) is 0 Å². The highest BCUT2D eigenvalue weighted by Crippen LogP contribution is 2.23. The Labute approximate surface area is 83.9 Å². The molecule has 0 aliphatic carbocycles. The zero-order valence-corrected chi connectivity index (χ0v) is 8.33. The fraction of sp³-hybridized carbons (Fsp3) is 0.250. The van der Waals surface area contributed by atoms with Gasteiger partial charge in [0.25, 0.3) is 0 Å². The van der Waals surface area contributed by atoms with E-state index in [0.29, 0.717) is 11.3 Å². The van der Waals surface area contributed by atoms with E-state index in [-0.39, 0.29) is 6.61 Å². The SMILES string of the molecule is C#CCOc1c(C)cc(C)cc1C=O. The van der Waals surface area contributed by atoms with Crippen molar-refractivity contribution in [1.29, 1.82) is 0 Å². The number of aryl methyl sites for hydroxylation is 2. The normalized spacial score (nSPS) is 9.21. The smallest absolute Gasteiger partial charge is 0.153 e. The van der Waals surface area contributed by atoms with Gasteiger partial charge in [-0.15, -0.1) is 6.42 Å². The molecule has 0 N–H and O–H groups in total. The van der Waals surface area contributed by atoms with Crippen LogP contribution in [0.3, 0.4) is 0 Å². The van der Waals surface area contributed by atoms with Crippen LogP contribution in [0.2, 0.25) is 0 Å². The van der Waals surface area contributed by atoms with Gasteiger partial charge in [-0.05, 0) is 31.0 Å². The van der Waals surface area contributed by atoms with Crippen LogP contribution in [-0.4, -0.2) is 12.9 Å². The molecule has 0 aliphatic rings. The number of hydrogen-bond acceptors (Lipinski definition) is 2. The number of carbonyl (C=O) groups is 1. The molecule has 1 rings (SSSR count). The Bertz CT molecular complexity index is 386. The second kappa shape index (κ2) is 4.48. The standard InChI is InChI=1S/C12H12O2/c1-4-5-14-12-10(3)6-9(2)7-11(12)8-13/h1,6-8H,5H2,2-3H3. The minimum Gasteiger partial charge on any atom is -0.480 e. The lowest BCUT2D eigenvalue weighted by Gasteiger charge is -2.09. The average molecular weight is 188 g/mol. The van der Waals surface area contributed by atoms with Gasteiger partial charge in [-0.25, -0.2) is 0 Å². The van der Waals surface area contributed by atoms with Crippen molar-refractivity contribution in [2.24, 2.45) is 0 Å². The first-order valence-corrected chi connectivity index (χ1v) is 4.31. The van der Waals surface area contributed by atoms with Crippen molar-refractivity contribution in [1.82, 2.24) is 0 Å². The van der Waals surface area contributed by atoms with Gasteiger partial charge in [-0.1, -0.05) is 12.0 Å². The summed E-state index contributed by atoms with van der Waals surface area (Å²) in [5.41, 5.74) is 2.53. The molecule has 0 fully saturated rings. The molecule has 0 heterocycles. The van der Waals surface area contributed by atoms with E-state index in [2.05, 4.69) is 5.92 Å². The van der Waals surface area contributed by atoms with Crippen LogP contribution in [0.4, 0.5) is 0 Å². The highest BCUT2D eigenvalue weighted by Gasteiger charge is 2.06. The summed E-state index contributed by atoms with van der Waals surface area (Å²) in [6.45, 7) is 4.02. The van der Waals surface area contributed by atoms with Crippen LogP contribution in [0.1, 0.15) is 21.5 Å². The zero-order valence-electron chi connectivity index (χ0n) is 8.33. The number of aldehydes is 1. The molecule has 1 aromatic carbocycles. The molecule has 2 heteroatoms. The van der Waals surface area contributed by atoms with Crippen LogP contribution in [0.25, 0.3) is 0 Å². The van der Waals surface area contributed by atoms with E-state index in [4.69, 9.17) is 11.2 Å². The molecule has 2 nitrogen and oxygen atoms in total. The fourth-order valence-corrected chi connectivity index (χ4v) is 1.39. The molecule has 72 valence electrons. The van der Waals surface area contributed by atoms with Gasteiger partial charge in [0.05, 0.1) is 5.56 Å². The van der Waals surface area contributed by atoms with E-state index < -0.39 is 0 Å². The molecule has 0 aromatic heterocycles. The Hall–Kier alpha value is -1.75. The van der Waals surface area contributed by atoms with Gasteiger partial charge in [-0.2, -0.15) is 0 Å². The molecular formula is C12H12O2. The maximum absolute atomic E-state index is 10.8. The minimum absolute atomic E-state index is 0.185. The van der Waals surface area contributed by atoms with Crippen molar-refractivity contribution in [3.05, 3.63) is 28.8 Å². The molecule has 0 saturated heterocycles. The average Bonchev–Trinajstić information content (AvgIpc) is 2.15. The molecule has 0 unspecified atom stereocenters. The van der Waals surface area contributed by atoms with Crippen molar-refractivity contribution >= 4 is 6.29 Å². The minimum atomic E-state index is 0.185. The third kappa shape index (κ3) is 2.14. The summed E-state index contributed by atoms with van der Waals surface area (Å²) < 4.78 is 5.30. The summed E-state index contributed by atoms with van der Waals surface area (Å²) in [6.07, 6.45) is 5.87. The molecule has 0 aliphatic heterocycles. The maximum atomic E-state index is 10.8. The first-order valence-electron chi connectivity index (χ1n) is 4.31. The van der Waals surface area contributed by atoms with Gasteiger partial charge in [-0.3, -0.25) is 4.79 Å². The molecule has 0 bridgehead atoms. The second-order valence-corrected chi connectivity index (χ2v) is 3.11. The predicted molar refractivity (Wildman–Crippen MR) is 55.6 cm³/mol. The first-order chi connectivity index (χ1) is 6.69. The molecule has 0 amide bonds. The third-order valence-corrected chi connectivity index (χ3v) is 1.87. The highest BCUT2D eigenvalue weighted by molar-refractivity contribution is 5.80. The predicted octanol–water partition coefficient (Wildman–Crippen LogP) is 2.13. The first kappa shape index (κ1) is 10.3. The third-order valence-electron chi connectivity index (χ3n) is 1.87. The van der Waals surface area contributed by atoms with E-state index in [1.54, 1.807) is 6.07 Å². The monoisotopic (exact) mass is 188 g/mol. The summed E-state index contributed by atoms with van der Waals surface area (Å²) in [5.74, 6) is 2.96. The lowest BCUT2D eigenvalue weighted by atomic mass is 10.1. The number of benzene rings is 1. The number of rotatable bonds is 3. The Morgan fingerprint density at radius 2 is 2.21 bits per heavy atom. The quantitative estimate of drug-likeness (QED) is 0.536. The Morgan fingerprint density at radius 1 is 1.50 bits per heavy atom. The van der Waals surface area contributed by atoms with Crippen molar-refractivity contribution in [3.8, 4) is 18.1 Å². The molecule has 14 heavy (non-hydrogen) atoms. The van der Waals surface area contributed by atoms with E-state index in [9.17, 15) is 4.79 Å². The van der Waals surface area contributed by atoms with Crippen molar-refractivity contribution in [2.45, 2.75) is 13.8 Å². The summed E-state index contributed by atoms with van der Waals surface area (Å²) >= 11 is 0. The Kier molecular flexibility index (Phi) is 3.30. The van der Waals surface area contributed by atoms with Crippen LogP contribution < -0.4 is 4.74 Å². The summed E-state index contributed by atoms with van der Waals surface area (Å²) in [6, 6.07) is 3.74. The van der Waals surface area contributed by atoms with Crippen LogP contribution in [0, 0.1) is 26.2 Å². The molecule has 0 radical (unpaired) electrons. The number of hydrogen-bond donors (Lipinski definition) is 0. The summed E-state index contributed by atoms with van der Waals surface area (Å²) in [7, 11) is 0. The maximum Gasteiger partial charge on any atom is 0.153 e. The van der Waals surface area contributed by atoms with Crippen molar-refractivity contribution in [2.75, 3.05) is 6.61 Å².